The SMILES string of the molecule is Fc1ccc(C2CCN(Cc3n[nH]c4c3CN(CC3CC3)C4)CC2)c(C(F)(F)F)c1F. The second kappa shape index (κ2) is 7.85. The van der Waals surface area contributed by atoms with E-state index in [2.05, 4.69) is 20.0 Å². The first-order valence-electron chi connectivity index (χ1n) is 10.8. The molecule has 1 aromatic heterocycles. The molecular weight excluding hydrogens is 415 g/mol. The van der Waals surface area contributed by atoms with Crippen LogP contribution in [0.1, 0.15) is 59.7 Å². The van der Waals surface area contributed by atoms with Gasteiger partial charge in [0, 0.05) is 31.7 Å². The summed E-state index contributed by atoms with van der Waals surface area (Å²) in [4.78, 5) is 4.63. The Balaban J connectivity index is 1.23. The van der Waals surface area contributed by atoms with Crippen molar-refractivity contribution in [2.75, 3.05) is 19.6 Å². The lowest BCUT2D eigenvalue weighted by Gasteiger charge is -2.33. The molecule has 0 spiro atoms. The molecule has 1 N–H and O–H groups in total. The van der Waals surface area contributed by atoms with Gasteiger partial charge in [0.2, 0.25) is 0 Å². The normalized spacial score (nSPS) is 21.1. The van der Waals surface area contributed by atoms with Crippen LogP contribution in [0.4, 0.5) is 22.0 Å². The van der Waals surface area contributed by atoms with E-state index in [1.807, 2.05) is 0 Å². The number of fused-ring (bicyclic) bond motifs is 1. The lowest BCUT2D eigenvalue weighted by molar-refractivity contribution is -0.141. The molecule has 1 saturated heterocycles. The van der Waals surface area contributed by atoms with Gasteiger partial charge in [-0.1, -0.05) is 6.07 Å². The highest BCUT2D eigenvalue weighted by molar-refractivity contribution is 5.35. The van der Waals surface area contributed by atoms with Crippen molar-refractivity contribution in [3.8, 4) is 0 Å². The third-order valence-corrected chi connectivity index (χ3v) is 6.83. The van der Waals surface area contributed by atoms with E-state index in [1.54, 1.807) is 0 Å². The maximum atomic E-state index is 14.0. The molecule has 1 saturated carbocycles. The third-order valence-electron chi connectivity index (χ3n) is 6.83. The Labute approximate surface area is 177 Å². The number of halogens is 5. The lowest BCUT2D eigenvalue weighted by atomic mass is 9.86. The molecule has 0 bridgehead atoms. The summed E-state index contributed by atoms with van der Waals surface area (Å²) in [6, 6.07) is 1.89. The van der Waals surface area contributed by atoms with Crippen molar-refractivity contribution in [3.63, 3.8) is 0 Å². The fourth-order valence-electron chi connectivity index (χ4n) is 5.00. The molecule has 31 heavy (non-hydrogen) atoms. The van der Waals surface area contributed by atoms with E-state index in [0.717, 1.165) is 43.4 Å². The number of rotatable bonds is 5. The zero-order chi connectivity index (χ0) is 21.8. The second-order valence-corrected chi connectivity index (χ2v) is 9.11. The summed E-state index contributed by atoms with van der Waals surface area (Å²) in [5.74, 6) is -2.87. The van der Waals surface area contributed by atoms with Gasteiger partial charge in [-0.3, -0.25) is 14.9 Å². The smallest absolute Gasteiger partial charge is 0.297 e. The van der Waals surface area contributed by atoms with Gasteiger partial charge < -0.3 is 0 Å². The number of benzene rings is 1. The molecule has 9 heteroatoms. The average Bonchev–Trinajstić information content (AvgIpc) is 3.33. The van der Waals surface area contributed by atoms with E-state index in [0.29, 0.717) is 32.5 Å². The van der Waals surface area contributed by atoms with Crippen molar-refractivity contribution in [2.45, 2.75) is 57.4 Å². The Kier molecular flexibility index (Phi) is 5.29. The van der Waals surface area contributed by atoms with Crippen LogP contribution in [0, 0.1) is 17.6 Å². The van der Waals surface area contributed by atoms with Crippen molar-refractivity contribution in [3.05, 3.63) is 51.8 Å². The minimum atomic E-state index is -4.92. The predicted molar refractivity (Wildman–Crippen MR) is 104 cm³/mol. The largest absolute Gasteiger partial charge is 0.419 e. The van der Waals surface area contributed by atoms with Crippen LogP contribution in [-0.2, 0) is 25.8 Å². The number of hydrogen-bond donors (Lipinski definition) is 1. The van der Waals surface area contributed by atoms with E-state index < -0.39 is 29.3 Å². The van der Waals surface area contributed by atoms with Crippen LogP contribution in [0.2, 0.25) is 0 Å². The minimum Gasteiger partial charge on any atom is -0.297 e. The Morgan fingerprint density at radius 1 is 1.00 bits per heavy atom. The molecule has 2 aliphatic heterocycles. The summed E-state index contributed by atoms with van der Waals surface area (Å²) in [7, 11) is 0. The molecule has 1 aromatic carbocycles. The van der Waals surface area contributed by atoms with Crippen LogP contribution in [0.25, 0.3) is 0 Å². The highest BCUT2D eigenvalue weighted by Crippen LogP contribution is 2.41. The molecule has 5 rings (SSSR count). The highest BCUT2D eigenvalue weighted by atomic mass is 19.4. The molecule has 168 valence electrons. The van der Waals surface area contributed by atoms with Crippen LogP contribution in [0.15, 0.2) is 12.1 Å². The summed E-state index contributed by atoms with van der Waals surface area (Å²) in [5.41, 5.74) is 1.84. The number of aromatic amines is 1. The highest BCUT2D eigenvalue weighted by Gasteiger charge is 2.40. The second-order valence-electron chi connectivity index (χ2n) is 9.11. The van der Waals surface area contributed by atoms with Gasteiger partial charge in [0.1, 0.15) is 0 Å². The molecule has 3 heterocycles. The van der Waals surface area contributed by atoms with Crippen LogP contribution in [-0.4, -0.2) is 39.6 Å². The van der Waals surface area contributed by atoms with Gasteiger partial charge in [-0.25, -0.2) is 8.78 Å². The summed E-state index contributed by atoms with van der Waals surface area (Å²) in [6.45, 7) is 4.76. The van der Waals surface area contributed by atoms with Gasteiger partial charge in [-0.15, -0.1) is 0 Å². The molecule has 0 unspecified atom stereocenters. The van der Waals surface area contributed by atoms with E-state index in [9.17, 15) is 22.0 Å². The number of H-pyrrole nitrogens is 1. The summed E-state index contributed by atoms with van der Waals surface area (Å²) in [6.07, 6.45) is -1.35. The van der Waals surface area contributed by atoms with Crippen molar-refractivity contribution in [2.24, 2.45) is 5.92 Å². The van der Waals surface area contributed by atoms with E-state index >= 15 is 0 Å². The molecule has 0 atom stereocenters. The van der Waals surface area contributed by atoms with Gasteiger partial charge in [0.05, 0.1) is 17.0 Å². The van der Waals surface area contributed by atoms with Gasteiger partial charge in [0.15, 0.2) is 11.6 Å². The molecule has 4 nitrogen and oxygen atoms in total. The fraction of sp³-hybridized carbons (Fsp3) is 0.591. The first-order valence-corrected chi connectivity index (χ1v) is 10.8. The Morgan fingerprint density at radius 2 is 1.74 bits per heavy atom. The van der Waals surface area contributed by atoms with Gasteiger partial charge in [-0.2, -0.15) is 18.3 Å². The number of nitrogens with zero attached hydrogens (tertiary/aromatic N) is 3. The number of hydrogen-bond acceptors (Lipinski definition) is 3. The molecule has 0 amide bonds. The monoisotopic (exact) mass is 440 g/mol. The summed E-state index contributed by atoms with van der Waals surface area (Å²) in [5, 5.41) is 7.62. The zero-order valence-electron chi connectivity index (χ0n) is 17.1. The number of nitrogens with one attached hydrogen (secondary N) is 1. The van der Waals surface area contributed by atoms with Crippen molar-refractivity contribution in [1.29, 1.82) is 0 Å². The lowest BCUT2D eigenvalue weighted by Crippen LogP contribution is -2.33. The van der Waals surface area contributed by atoms with Gasteiger partial charge >= 0.3 is 6.18 Å². The van der Waals surface area contributed by atoms with Crippen LogP contribution < -0.4 is 0 Å². The molecule has 1 aliphatic carbocycles. The standard InChI is InChI=1S/C22H25F5N4/c23-17-4-3-15(20(21(17)24)22(25,26)27)14-5-7-30(8-6-14)11-18-16-10-31(9-13-1-2-13)12-19(16)29-28-18/h3-4,13-14H,1-2,5-12H2,(H,28,29). The number of piperidine rings is 1. The molecule has 3 aliphatic rings. The zero-order valence-corrected chi connectivity index (χ0v) is 17.1. The Bertz CT molecular complexity index is 958. The number of aromatic nitrogens is 2. The molecular formula is C22H25F5N4. The van der Waals surface area contributed by atoms with Crippen molar-refractivity contribution in [1.82, 2.24) is 20.0 Å². The predicted octanol–water partition coefficient (Wildman–Crippen LogP) is 4.81. The molecule has 0 radical (unpaired) electrons. The maximum absolute atomic E-state index is 14.0. The third kappa shape index (κ3) is 4.22. The quantitative estimate of drug-likeness (QED) is 0.678. The maximum Gasteiger partial charge on any atom is 0.419 e. The number of alkyl halides is 3. The Hall–Kier alpha value is -2.00. The van der Waals surface area contributed by atoms with Crippen LogP contribution in [0.3, 0.4) is 0 Å². The Morgan fingerprint density at radius 3 is 2.42 bits per heavy atom. The molecule has 2 fully saturated rings. The first-order chi connectivity index (χ1) is 14.8. The van der Waals surface area contributed by atoms with Gasteiger partial charge in [0.25, 0.3) is 0 Å². The van der Waals surface area contributed by atoms with Crippen molar-refractivity contribution < 1.29 is 22.0 Å². The topological polar surface area (TPSA) is 35.2 Å². The first kappa shape index (κ1) is 20.9. The minimum absolute atomic E-state index is 0.137. The van der Waals surface area contributed by atoms with Gasteiger partial charge in [-0.05, 0) is 62.2 Å². The van der Waals surface area contributed by atoms with Crippen molar-refractivity contribution >= 4 is 0 Å². The average molecular weight is 440 g/mol. The fourth-order valence-corrected chi connectivity index (χ4v) is 5.00. The van der Waals surface area contributed by atoms with E-state index in [-0.39, 0.29) is 5.56 Å². The summed E-state index contributed by atoms with van der Waals surface area (Å²) >= 11 is 0. The van der Waals surface area contributed by atoms with Crippen LogP contribution >= 0.6 is 0 Å². The van der Waals surface area contributed by atoms with E-state index in [1.165, 1.54) is 24.1 Å². The number of likely N-dealkylation sites (tertiary alicyclic amines) is 1. The van der Waals surface area contributed by atoms with E-state index in [4.69, 9.17) is 0 Å². The van der Waals surface area contributed by atoms with Crippen LogP contribution in [0.5, 0.6) is 0 Å². The molecule has 2 aromatic rings. The summed E-state index contributed by atoms with van der Waals surface area (Å²) < 4.78 is 67.6.